The fourth-order valence-corrected chi connectivity index (χ4v) is 4.73. The Bertz CT molecular complexity index is 840. The van der Waals surface area contributed by atoms with Crippen molar-refractivity contribution in [3.8, 4) is 11.3 Å². The highest BCUT2D eigenvalue weighted by Gasteiger charge is 2.40. The number of aromatic amines is 1. The summed E-state index contributed by atoms with van der Waals surface area (Å²) < 4.78 is 0. The van der Waals surface area contributed by atoms with E-state index in [9.17, 15) is 20.4 Å². The number of β-amino-alcohol motifs (C(OH)–C–C–N with tert-alkyl or cyclic N) is 1. The molecule has 2 fully saturated rings. The number of aliphatic hydroxyl groups is 4. The van der Waals surface area contributed by atoms with Crippen LogP contribution >= 0.6 is 0 Å². The van der Waals surface area contributed by atoms with Crippen molar-refractivity contribution >= 4 is 5.69 Å². The molecule has 1 aliphatic heterocycles. The lowest BCUT2D eigenvalue weighted by atomic mass is 9.94. The van der Waals surface area contributed by atoms with E-state index in [1.54, 1.807) is 0 Å². The Hall–Kier alpha value is -1.90. The van der Waals surface area contributed by atoms with E-state index in [-0.39, 0.29) is 13.2 Å². The van der Waals surface area contributed by atoms with Crippen molar-refractivity contribution in [3.63, 3.8) is 0 Å². The molecule has 32 heavy (non-hydrogen) atoms. The SMILES string of the molecule is OC[C@@H]1[C@@H](O)[C@H](O)[C@@H](O)CN1CCCCCCNc1cc(-c2ccc[nH]2)cc(C2CC2)c1. The van der Waals surface area contributed by atoms with Gasteiger partial charge in [-0.15, -0.1) is 0 Å². The first kappa shape index (κ1) is 23.3. The average Bonchev–Trinajstić information content (AvgIpc) is 3.50. The van der Waals surface area contributed by atoms with Crippen LogP contribution in [0.3, 0.4) is 0 Å². The summed E-state index contributed by atoms with van der Waals surface area (Å²) in [5, 5.41) is 42.9. The summed E-state index contributed by atoms with van der Waals surface area (Å²) in [6.07, 6.45) is 5.38. The third kappa shape index (κ3) is 5.71. The molecule has 1 saturated heterocycles. The van der Waals surface area contributed by atoms with E-state index in [1.807, 2.05) is 17.2 Å². The lowest BCUT2D eigenvalue weighted by molar-refractivity contribution is -0.145. The molecule has 0 unspecified atom stereocenters. The highest BCUT2D eigenvalue weighted by Crippen LogP contribution is 2.42. The van der Waals surface area contributed by atoms with Gasteiger partial charge in [-0.05, 0) is 74.0 Å². The van der Waals surface area contributed by atoms with Crippen LogP contribution in [0.25, 0.3) is 11.3 Å². The number of H-pyrrole nitrogens is 1. The van der Waals surface area contributed by atoms with Gasteiger partial charge in [0.05, 0.1) is 18.8 Å². The molecule has 0 amide bonds. The van der Waals surface area contributed by atoms with Gasteiger partial charge in [0.1, 0.15) is 12.2 Å². The van der Waals surface area contributed by atoms with Crippen molar-refractivity contribution in [2.24, 2.45) is 0 Å². The van der Waals surface area contributed by atoms with Crippen molar-refractivity contribution in [1.82, 2.24) is 9.88 Å². The monoisotopic (exact) mass is 443 g/mol. The number of hydrogen-bond donors (Lipinski definition) is 6. The molecule has 2 aliphatic rings. The van der Waals surface area contributed by atoms with E-state index in [2.05, 4.69) is 34.6 Å². The first-order valence-electron chi connectivity index (χ1n) is 12.0. The van der Waals surface area contributed by atoms with Gasteiger partial charge in [-0.3, -0.25) is 4.90 Å². The highest BCUT2D eigenvalue weighted by atomic mass is 16.4. The Morgan fingerprint density at radius 2 is 1.81 bits per heavy atom. The Morgan fingerprint density at radius 1 is 1.00 bits per heavy atom. The number of anilines is 1. The van der Waals surface area contributed by atoms with Crippen LogP contribution < -0.4 is 5.32 Å². The molecule has 7 heteroatoms. The number of hydrogen-bond acceptors (Lipinski definition) is 6. The zero-order valence-corrected chi connectivity index (χ0v) is 18.7. The summed E-state index contributed by atoms with van der Waals surface area (Å²) >= 11 is 0. The van der Waals surface area contributed by atoms with Crippen molar-refractivity contribution in [3.05, 3.63) is 42.1 Å². The molecule has 2 aromatic rings. The number of likely N-dealkylation sites (tertiary alicyclic amines) is 1. The van der Waals surface area contributed by atoms with E-state index in [1.165, 1.54) is 29.7 Å². The quantitative estimate of drug-likeness (QED) is 0.297. The van der Waals surface area contributed by atoms with E-state index < -0.39 is 24.4 Å². The zero-order valence-electron chi connectivity index (χ0n) is 18.7. The summed E-state index contributed by atoms with van der Waals surface area (Å²) in [5.74, 6) is 0.709. The van der Waals surface area contributed by atoms with Gasteiger partial charge in [0.25, 0.3) is 0 Å². The second-order valence-corrected chi connectivity index (χ2v) is 9.34. The molecule has 0 bridgehead atoms. The molecule has 1 aromatic carbocycles. The largest absolute Gasteiger partial charge is 0.395 e. The minimum Gasteiger partial charge on any atom is -0.395 e. The van der Waals surface area contributed by atoms with Gasteiger partial charge in [-0.25, -0.2) is 0 Å². The molecule has 1 aromatic heterocycles. The molecule has 0 spiro atoms. The number of aliphatic hydroxyl groups excluding tert-OH is 4. The van der Waals surface area contributed by atoms with Crippen LogP contribution in [-0.4, -0.2) is 80.9 Å². The van der Waals surface area contributed by atoms with Crippen LogP contribution in [0, 0.1) is 0 Å². The molecule has 1 saturated carbocycles. The molecule has 0 radical (unpaired) electrons. The minimum absolute atomic E-state index is 0.223. The number of benzene rings is 1. The van der Waals surface area contributed by atoms with Crippen molar-refractivity contribution in [2.45, 2.75) is 68.8 Å². The standard InChI is InChI=1S/C25H37N3O4/c29-16-22-24(31)25(32)23(30)15-28(22)11-4-2-1-3-9-26-20-13-18(17-7-8-17)12-19(14-20)21-6-5-10-27-21/h5-6,10,12-14,17,22-27,29-32H,1-4,7-9,11,15-16H2/t22-,23+,24-,25-/m1/s1. The van der Waals surface area contributed by atoms with Gasteiger partial charge in [-0.1, -0.05) is 12.8 Å². The van der Waals surface area contributed by atoms with E-state index in [0.29, 0.717) is 12.5 Å². The highest BCUT2D eigenvalue weighted by molar-refractivity contribution is 5.67. The van der Waals surface area contributed by atoms with E-state index in [0.717, 1.165) is 37.9 Å². The normalized spacial score (nSPS) is 26.4. The van der Waals surface area contributed by atoms with Crippen molar-refractivity contribution in [1.29, 1.82) is 0 Å². The Labute approximate surface area is 190 Å². The minimum atomic E-state index is -1.19. The number of aromatic nitrogens is 1. The lowest BCUT2D eigenvalue weighted by Crippen LogP contribution is -2.62. The first-order chi connectivity index (χ1) is 15.6. The summed E-state index contributed by atoms with van der Waals surface area (Å²) in [6.45, 7) is 1.68. The van der Waals surface area contributed by atoms with Crippen LogP contribution in [-0.2, 0) is 0 Å². The number of nitrogens with zero attached hydrogens (tertiary/aromatic N) is 1. The molecule has 7 nitrogen and oxygen atoms in total. The van der Waals surface area contributed by atoms with Crippen LogP contribution in [0.5, 0.6) is 0 Å². The summed E-state index contributed by atoms with van der Waals surface area (Å²) in [5.41, 5.74) is 4.99. The number of unbranched alkanes of at least 4 members (excludes halogenated alkanes) is 3. The van der Waals surface area contributed by atoms with Gasteiger partial charge in [-0.2, -0.15) is 0 Å². The Balaban J connectivity index is 1.19. The maximum absolute atomic E-state index is 10.1. The van der Waals surface area contributed by atoms with E-state index in [4.69, 9.17) is 0 Å². The lowest BCUT2D eigenvalue weighted by Gasteiger charge is -2.43. The predicted molar refractivity (Wildman–Crippen MR) is 126 cm³/mol. The summed E-state index contributed by atoms with van der Waals surface area (Å²) in [6, 6.07) is 10.4. The summed E-state index contributed by atoms with van der Waals surface area (Å²) in [4.78, 5) is 5.20. The second kappa shape index (κ2) is 10.8. The van der Waals surface area contributed by atoms with Crippen molar-refractivity contribution < 1.29 is 20.4 Å². The maximum Gasteiger partial charge on any atom is 0.109 e. The van der Waals surface area contributed by atoms with E-state index >= 15 is 0 Å². The summed E-state index contributed by atoms with van der Waals surface area (Å²) in [7, 11) is 0. The Morgan fingerprint density at radius 3 is 2.53 bits per heavy atom. The van der Waals surface area contributed by atoms with Gasteiger partial charge >= 0.3 is 0 Å². The molecule has 176 valence electrons. The predicted octanol–water partition coefficient (Wildman–Crippen LogP) is 2.29. The number of nitrogens with one attached hydrogen (secondary N) is 2. The van der Waals surface area contributed by atoms with Crippen LogP contribution in [0.1, 0.15) is 50.0 Å². The fraction of sp³-hybridized carbons (Fsp3) is 0.600. The van der Waals surface area contributed by atoms with Gasteiger partial charge in [0.15, 0.2) is 0 Å². The van der Waals surface area contributed by atoms with Crippen LogP contribution in [0.4, 0.5) is 5.69 Å². The molecule has 4 rings (SSSR count). The van der Waals surface area contributed by atoms with Crippen LogP contribution in [0.2, 0.25) is 0 Å². The van der Waals surface area contributed by atoms with Crippen molar-refractivity contribution in [2.75, 3.05) is 31.6 Å². The Kier molecular flexibility index (Phi) is 7.86. The molecular weight excluding hydrogens is 406 g/mol. The molecule has 2 heterocycles. The smallest absolute Gasteiger partial charge is 0.109 e. The fourth-order valence-electron chi connectivity index (χ4n) is 4.73. The molecule has 6 N–H and O–H groups in total. The van der Waals surface area contributed by atoms with Gasteiger partial charge < -0.3 is 30.7 Å². The second-order valence-electron chi connectivity index (χ2n) is 9.34. The third-order valence-corrected chi connectivity index (χ3v) is 6.83. The topological polar surface area (TPSA) is 112 Å². The van der Waals surface area contributed by atoms with Gasteiger partial charge in [0.2, 0.25) is 0 Å². The van der Waals surface area contributed by atoms with Crippen LogP contribution in [0.15, 0.2) is 36.5 Å². The molecule has 4 atom stereocenters. The number of piperidine rings is 1. The number of rotatable bonds is 11. The zero-order chi connectivity index (χ0) is 22.5. The molecular formula is C25H37N3O4. The maximum atomic E-state index is 10.1. The van der Waals surface area contributed by atoms with Gasteiger partial charge in [0, 0.05) is 36.2 Å². The third-order valence-electron chi connectivity index (χ3n) is 6.83. The molecule has 1 aliphatic carbocycles. The first-order valence-corrected chi connectivity index (χ1v) is 12.0. The average molecular weight is 444 g/mol.